The van der Waals surface area contributed by atoms with Crippen LogP contribution in [0.15, 0.2) is 18.2 Å². The highest BCUT2D eigenvalue weighted by Gasteiger charge is 2.17. The van der Waals surface area contributed by atoms with Crippen molar-refractivity contribution in [2.24, 2.45) is 5.41 Å². The van der Waals surface area contributed by atoms with Crippen LogP contribution in [-0.2, 0) is 0 Å². The first kappa shape index (κ1) is 14.2. The predicted molar refractivity (Wildman–Crippen MR) is 65.9 cm³/mol. The van der Waals surface area contributed by atoms with Crippen molar-refractivity contribution < 1.29 is 13.9 Å². The molecule has 1 aromatic rings. The van der Waals surface area contributed by atoms with Gasteiger partial charge in [0, 0.05) is 0 Å². The Morgan fingerprint density at radius 1 is 1.50 bits per heavy atom. The predicted octanol–water partition coefficient (Wildman–Crippen LogP) is 3.35. The van der Waals surface area contributed by atoms with Gasteiger partial charge >= 0.3 is 0 Å². The molecule has 0 heterocycles. The molecule has 0 aliphatic heterocycles. The molecule has 0 spiro atoms. The maximum Gasteiger partial charge on any atom is 0.163 e. The van der Waals surface area contributed by atoms with Crippen LogP contribution in [0.1, 0.15) is 37.6 Å². The fourth-order valence-corrected chi connectivity index (χ4v) is 1.38. The van der Waals surface area contributed by atoms with E-state index in [2.05, 4.69) is 6.07 Å². The van der Waals surface area contributed by atoms with Crippen molar-refractivity contribution in [3.8, 4) is 11.8 Å². The van der Waals surface area contributed by atoms with Gasteiger partial charge < -0.3 is 4.74 Å². The monoisotopic (exact) mass is 249 g/mol. The summed E-state index contributed by atoms with van der Waals surface area (Å²) >= 11 is 0. The number of hydrogen-bond acceptors (Lipinski definition) is 3. The highest BCUT2D eigenvalue weighted by molar-refractivity contribution is 5.96. The lowest BCUT2D eigenvalue weighted by Gasteiger charge is -2.16. The summed E-state index contributed by atoms with van der Waals surface area (Å²) in [5.41, 5.74) is -0.249. The van der Waals surface area contributed by atoms with E-state index >= 15 is 0 Å². The van der Waals surface area contributed by atoms with Gasteiger partial charge in [0.25, 0.3) is 0 Å². The Bertz CT molecular complexity index is 489. The molecular weight excluding hydrogens is 233 g/mol. The Balaban J connectivity index is 2.74. The zero-order chi connectivity index (χ0) is 13.8. The van der Waals surface area contributed by atoms with E-state index in [9.17, 15) is 9.18 Å². The average Bonchev–Trinajstić information content (AvgIpc) is 2.30. The summed E-state index contributed by atoms with van der Waals surface area (Å²) in [6.45, 7) is 5.30. The van der Waals surface area contributed by atoms with E-state index in [-0.39, 0.29) is 11.3 Å². The first-order chi connectivity index (χ1) is 8.35. The SMILES string of the molecule is CC(=O)c1cc(F)ccc1OCCC(C)(C)C#N. The third-order valence-electron chi connectivity index (χ3n) is 2.61. The van der Waals surface area contributed by atoms with Gasteiger partial charge in [0.2, 0.25) is 0 Å². The Kier molecular flexibility index (Phi) is 4.43. The molecule has 0 bridgehead atoms. The highest BCUT2D eigenvalue weighted by atomic mass is 19.1. The molecule has 0 aliphatic rings. The molecule has 0 amide bonds. The van der Waals surface area contributed by atoms with Crippen LogP contribution in [0.3, 0.4) is 0 Å². The van der Waals surface area contributed by atoms with Crippen LogP contribution in [-0.4, -0.2) is 12.4 Å². The zero-order valence-corrected chi connectivity index (χ0v) is 10.8. The maximum atomic E-state index is 13.0. The minimum Gasteiger partial charge on any atom is -0.493 e. The van der Waals surface area contributed by atoms with Crippen LogP contribution >= 0.6 is 0 Å². The first-order valence-corrected chi connectivity index (χ1v) is 5.70. The number of Topliss-reactive ketones (excluding diaryl/α,β-unsaturated/α-hetero) is 1. The van der Waals surface area contributed by atoms with E-state index < -0.39 is 11.2 Å². The third-order valence-corrected chi connectivity index (χ3v) is 2.61. The minimum atomic E-state index is -0.476. The second kappa shape index (κ2) is 5.63. The summed E-state index contributed by atoms with van der Waals surface area (Å²) in [5, 5.41) is 8.86. The molecule has 1 aromatic carbocycles. The van der Waals surface area contributed by atoms with Crippen molar-refractivity contribution in [1.82, 2.24) is 0 Å². The van der Waals surface area contributed by atoms with Crippen LogP contribution in [0.25, 0.3) is 0 Å². The molecular formula is C14H16FNO2. The number of halogens is 1. The number of ketones is 1. The molecule has 0 atom stereocenters. The zero-order valence-electron chi connectivity index (χ0n) is 10.8. The molecule has 3 nitrogen and oxygen atoms in total. The first-order valence-electron chi connectivity index (χ1n) is 5.70. The summed E-state index contributed by atoms with van der Waals surface area (Å²) in [5.74, 6) is -0.355. The van der Waals surface area contributed by atoms with Gasteiger partial charge in [-0.3, -0.25) is 4.79 Å². The van der Waals surface area contributed by atoms with Gasteiger partial charge in [0.05, 0.1) is 23.7 Å². The van der Waals surface area contributed by atoms with Gasteiger partial charge in [-0.25, -0.2) is 4.39 Å². The van der Waals surface area contributed by atoms with Crippen molar-refractivity contribution in [1.29, 1.82) is 5.26 Å². The number of carbonyl (C=O) groups is 1. The Hall–Kier alpha value is -1.89. The Morgan fingerprint density at radius 3 is 2.72 bits per heavy atom. The van der Waals surface area contributed by atoms with E-state index in [1.807, 2.05) is 13.8 Å². The normalized spacial score (nSPS) is 10.8. The lowest BCUT2D eigenvalue weighted by atomic mass is 9.92. The molecule has 0 radical (unpaired) electrons. The van der Waals surface area contributed by atoms with Gasteiger partial charge in [-0.15, -0.1) is 0 Å². The van der Waals surface area contributed by atoms with Crippen LogP contribution in [0.5, 0.6) is 5.75 Å². The quantitative estimate of drug-likeness (QED) is 0.752. The van der Waals surface area contributed by atoms with Crippen molar-refractivity contribution >= 4 is 5.78 Å². The number of benzene rings is 1. The van der Waals surface area contributed by atoms with E-state index in [0.717, 1.165) is 6.07 Å². The number of ether oxygens (including phenoxy) is 1. The summed E-state index contributed by atoms with van der Waals surface area (Å²) in [6, 6.07) is 6.01. The topological polar surface area (TPSA) is 50.1 Å². The summed E-state index contributed by atoms with van der Waals surface area (Å²) in [6.07, 6.45) is 0.540. The minimum absolute atomic E-state index is 0.227. The molecule has 0 unspecified atom stereocenters. The van der Waals surface area contributed by atoms with E-state index in [1.54, 1.807) is 0 Å². The van der Waals surface area contributed by atoms with Crippen LogP contribution in [0.4, 0.5) is 4.39 Å². The maximum absolute atomic E-state index is 13.0. The van der Waals surface area contributed by atoms with Crippen LogP contribution in [0, 0.1) is 22.6 Å². The molecule has 18 heavy (non-hydrogen) atoms. The molecule has 0 aliphatic carbocycles. The molecule has 0 saturated carbocycles. The number of nitrogens with zero attached hydrogens (tertiary/aromatic N) is 1. The molecule has 0 saturated heterocycles. The standard InChI is InChI=1S/C14H16FNO2/c1-10(17)12-8-11(15)4-5-13(12)18-7-6-14(2,3)9-16/h4-5,8H,6-7H2,1-3H3. The van der Waals surface area contributed by atoms with E-state index in [4.69, 9.17) is 10.00 Å². The Morgan fingerprint density at radius 2 is 2.17 bits per heavy atom. The summed E-state index contributed by atoms with van der Waals surface area (Å²) in [7, 11) is 0. The lowest BCUT2D eigenvalue weighted by molar-refractivity contribution is 0.101. The summed E-state index contributed by atoms with van der Waals surface area (Å²) < 4.78 is 18.5. The van der Waals surface area contributed by atoms with E-state index in [1.165, 1.54) is 19.1 Å². The fourth-order valence-electron chi connectivity index (χ4n) is 1.38. The van der Waals surface area contributed by atoms with Gasteiger partial charge in [0.1, 0.15) is 11.6 Å². The third kappa shape index (κ3) is 3.85. The number of nitriles is 1. The highest BCUT2D eigenvalue weighted by Crippen LogP contribution is 2.23. The second-order valence-electron chi connectivity index (χ2n) is 4.79. The van der Waals surface area contributed by atoms with Gasteiger partial charge in [-0.05, 0) is 45.4 Å². The number of rotatable bonds is 5. The number of hydrogen-bond donors (Lipinski definition) is 0. The summed E-state index contributed by atoms with van der Waals surface area (Å²) in [4.78, 5) is 11.3. The van der Waals surface area contributed by atoms with Crippen LogP contribution < -0.4 is 4.74 Å². The molecule has 1 rings (SSSR count). The van der Waals surface area contributed by atoms with Crippen LogP contribution in [0.2, 0.25) is 0 Å². The van der Waals surface area contributed by atoms with Crippen molar-refractivity contribution in [3.63, 3.8) is 0 Å². The average molecular weight is 249 g/mol. The smallest absolute Gasteiger partial charge is 0.163 e. The van der Waals surface area contributed by atoms with Gasteiger partial charge in [-0.1, -0.05) is 0 Å². The molecule has 96 valence electrons. The number of carbonyl (C=O) groups excluding carboxylic acids is 1. The largest absolute Gasteiger partial charge is 0.493 e. The Labute approximate surface area is 106 Å². The van der Waals surface area contributed by atoms with Crippen molar-refractivity contribution in [2.75, 3.05) is 6.61 Å². The second-order valence-corrected chi connectivity index (χ2v) is 4.79. The lowest BCUT2D eigenvalue weighted by Crippen LogP contribution is -2.14. The van der Waals surface area contributed by atoms with Crippen molar-refractivity contribution in [3.05, 3.63) is 29.6 Å². The molecule has 0 fully saturated rings. The van der Waals surface area contributed by atoms with Gasteiger partial charge in [0.15, 0.2) is 5.78 Å². The van der Waals surface area contributed by atoms with Crippen molar-refractivity contribution in [2.45, 2.75) is 27.2 Å². The molecule has 0 N–H and O–H groups in total. The van der Waals surface area contributed by atoms with Gasteiger partial charge in [-0.2, -0.15) is 5.26 Å². The molecule has 4 heteroatoms. The fraction of sp³-hybridized carbons (Fsp3) is 0.429. The van der Waals surface area contributed by atoms with E-state index in [0.29, 0.717) is 18.8 Å². The molecule has 0 aromatic heterocycles.